The molecule has 1 atom stereocenters. The Morgan fingerprint density at radius 2 is 0.909 bits per heavy atom. The van der Waals surface area contributed by atoms with Gasteiger partial charge in [-0.2, -0.15) is 0 Å². The highest BCUT2D eigenvalue weighted by Crippen LogP contribution is 2.34. The minimum atomic E-state index is 0.284. The van der Waals surface area contributed by atoms with E-state index in [1.807, 2.05) is 0 Å². The first kappa shape index (κ1) is 14.6. The van der Waals surface area contributed by atoms with E-state index >= 15 is 0 Å². The van der Waals surface area contributed by atoms with Crippen LogP contribution >= 0.6 is 0 Å². The molecule has 109 valence electrons. The summed E-state index contributed by atoms with van der Waals surface area (Å²) in [5.41, 5.74) is 4.02. The molecule has 0 aromatic heterocycles. The van der Waals surface area contributed by atoms with Gasteiger partial charge in [-0.05, 0) is 36.0 Å². The second-order valence-corrected chi connectivity index (χ2v) is 5.72. The quantitative estimate of drug-likeness (QED) is 0.553. The number of benzene rings is 3. The van der Waals surface area contributed by atoms with Gasteiger partial charge in [0.05, 0.1) is 0 Å². The molecule has 0 aliphatic carbocycles. The average molecular weight is 285 g/mol. The zero-order valence-electron chi connectivity index (χ0n) is 12.7. The van der Waals surface area contributed by atoms with Gasteiger partial charge < -0.3 is 0 Å². The lowest BCUT2D eigenvalue weighted by Crippen LogP contribution is -2.06. The van der Waals surface area contributed by atoms with Crippen molar-refractivity contribution in [3.8, 4) is 0 Å². The molecule has 1 unspecified atom stereocenters. The van der Waals surface area contributed by atoms with E-state index in [4.69, 9.17) is 0 Å². The van der Waals surface area contributed by atoms with Gasteiger partial charge in [0.2, 0.25) is 0 Å². The zero-order valence-corrected chi connectivity index (χ0v) is 12.7. The Morgan fingerprint density at radius 1 is 0.545 bits per heavy atom. The summed E-state index contributed by atoms with van der Waals surface area (Å²) in [5, 5.41) is 0. The fourth-order valence-electron chi connectivity index (χ4n) is 2.98. The smallest absolute Gasteiger partial charge is 0.00951 e. The molecule has 1 radical (unpaired) electrons. The molecule has 0 saturated heterocycles. The second-order valence-electron chi connectivity index (χ2n) is 5.72. The molecule has 3 aromatic carbocycles. The summed E-state index contributed by atoms with van der Waals surface area (Å²) in [4.78, 5) is 0. The molecule has 3 aromatic rings. The number of hydrogen-bond donors (Lipinski definition) is 0. The Morgan fingerprint density at radius 3 is 1.32 bits per heavy atom. The Hall–Kier alpha value is -2.34. The van der Waals surface area contributed by atoms with E-state index in [2.05, 4.69) is 97.9 Å². The first-order chi connectivity index (χ1) is 10.8. The summed E-state index contributed by atoms with van der Waals surface area (Å²) < 4.78 is 0. The van der Waals surface area contributed by atoms with Gasteiger partial charge in [-0.25, -0.2) is 0 Å². The van der Waals surface area contributed by atoms with Crippen molar-refractivity contribution in [2.24, 2.45) is 0 Å². The molecule has 22 heavy (non-hydrogen) atoms. The van der Waals surface area contributed by atoms with Crippen molar-refractivity contribution in [3.05, 3.63) is 115 Å². The maximum absolute atomic E-state index is 4.40. The summed E-state index contributed by atoms with van der Waals surface area (Å²) >= 11 is 0. The normalized spacial score (nSPS) is 12.3. The van der Waals surface area contributed by atoms with E-state index in [-0.39, 0.29) is 5.92 Å². The van der Waals surface area contributed by atoms with Crippen LogP contribution in [0.1, 0.15) is 34.9 Å². The summed E-state index contributed by atoms with van der Waals surface area (Å²) in [6, 6.07) is 32.1. The molecule has 0 amide bonds. The van der Waals surface area contributed by atoms with Gasteiger partial charge in [0.1, 0.15) is 0 Å². The SMILES string of the molecule is [CH2]C(CC(c1ccccc1)c1ccccc1)c1ccccc1. The van der Waals surface area contributed by atoms with Crippen molar-refractivity contribution < 1.29 is 0 Å². The number of hydrogen-bond acceptors (Lipinski definition) is 0. The molecule has 0 aliphatic rings. The van der Waals surface area contributed by atoms with Crippen LogP contribution in [0.2, 0.25) is 0 Å². The third kappa shape index (κ3) is 3.46. The molecule has 0 bridgehead atoms. The Labute approximate surface area is 133 Å². The van der Waals surface area contributed by atoms with Crippen molar-refractivity contribution in [1.82, 2.24) is 0 Å². The van der Waals surface area contributed by atoms with Crippen LogP contribution in [0.4, 0.5) is 0 Å². The maximum atomic E-state index is 4.40. The standard InChI is InChI=1S/C22H21/c1-18(19-11-5-2-6-12-19)17-22(20-13-7-3-8-14-20)21-15-9-4-10-16-21/h2-16,18,22H,1,17H2. The summed E-state index contributed by atoms with van der Waals surface area (Å²) in [5.74, 6) is 0.664. The van der Waals surface area contributed by atoms with Crippen LogP contribution < -0.4 is 0 Å². The highest BCUT2D eigenvalue weighted by Gasteiger charge is 2.18. The first-order valence-corrected chi connectivity index (χ1v) is 7.82. The fourth-order valence-corrected chi connectivity index (χ4v) is 2.98. The largest absolute Gasteiger partial charge is 0.0622 e. The molecular weight excluding hydrogens is 264 g/mol. The van der Waals surface area contributed by atoms with Gasteiger partial charge in [-0.3, -0.25) is 0 Å². The lowest BCUT2D eigenvalue weighted by molar-refractivity contribution is 0.655. The van der Waals surface area contributed by atoms with Crippen molar-refractivity contribution in [2.45, 2.75) is 18.3 Å². The van der Waals surface area contributed by atoms with E-state index in [0.29, 0.717) is 5.92 Å². The molecule has 0 fully saturated rings. The van der Waals surface area contributed by atoms with Crippen molar-refractivity contribution in [2.75, 3.05) is 0 Å². The zero-order chi connectivity index (χ0) is 15.2. The molecule has 0 N–H and O–H groups in total. The van der Waals surface area contributed by atoms with Crippen molar-refractivity contribution >= 4 is 0 Å². The van der Waals surface area contributed by atoms with E-state index in [1.165, 1.54) is 16.7 Å². The highest BCUT2D eigenvalue weighted by atomic mass is 14.2. The van der Waals surface area contributed by atoms with Gasteiger partial charge in [0.25, 0.3) is 0 Å². The summed E-state index contributed by atoms with van der Waals surface area (Å²) in [6.45, 7) is 4.40. The van der Waals surface area contributed by atoms with Gasteiger partial charge in [0, 0.05) is 5.92 Å². The van der Waals surface area contributed by atoms with Crippen LogP contribution in [0, 0.1) is 6.92 Å². The Balaban J connectivity index is 1.90. The van der Waals surface area contributed by atoms with Crippen molar-refractivity contribution in [3.63, 3.8) is 0 Å². The predicted octanol–water partition coefficient (Wildman–Crippen LogP) is 5.83. The minimum Gasteiger partial charge on any atom is -0.0622 e. The van der Waals surface area contributed by atoms with Gasteiger partial charge in [0.15, 0.2) is 0 Å². The van der Waals surface area contributed by atoms with Gasteiger partial charge in [-0.15, -0.1) is 0 Å². The third-order valence-corrected chi connectivity index (χ3v) is 4.20. The molecular formula is C22H21. The average Bonchev–Trinajstić information content (AvgIpc) is 2.62. The van der Waals surface area contributed by atoms with Crippen LogP contribution in [-0.4, -0.2) is 0 Å². The van der Waals surface area contributed by atoms with Crippen molar-refractivity contribution in [1.29, 1.82) is 0 Å². The van der Waals surface area contributed by atoms with Gasteiger partial charge in [-0.1, -0.05) is 91.0 Å². The van der Waals surface area contributed by atoms with E-state index in [1.54, 1.807) is 0 Å². The predicted molar refractivity (Wildman–Crippen MR) is 93.9 cm³/mol. The van der Waals surface area contributed by atoms with E-state index in [9.17, 15) is 0 Å². The van der Waals surface area contributed by atoms with Crippen LogP contribution in [0.15, 0.2) is 91.0 Å². The van der Waals surface area contributed by atoms with E-state index in [0.717, 1.165) is 6.42 Å². The Bertz CT molecular complexity index is 632. The van der Waals surface area contributed by atoms with Gasteiger partial charge >= 0.3 is 0 Å². The van der Waals surface area contributed by atoms with Crippen LogP contribution in [0.3, 0.4) is 0 Å². The molecule has 3 rings (SSSR count). The molecule has 0 heteroatoms. The monoisotopic (exact) mass is 285 g/mol. The molecule has 0 saturated carbocycles. The third-order valence-electron chi connectivity index (χ3n) is 4.20. The minimum absolute atomic E-state index is 0.284. The summed E-state index contributed by atoms with van der Waals surface area (Å²) in [6.07, 6.45) is 1.01. The molecule has 0 spiro atoms. The van der Waals surface area contributed by atoms with Crippen LogP contribution in [0.25, 0.3) is 0 Å². The van der Waals surface area contributed by atoms with E-state index < -0.39 is 0 Å². The highest BCUT2D eigenvalue weighted by molar-refractivity contribution is 5.34. The topological polar surface area (TPSA) is 0 Å². The Kier molecular flexibility index (Phi) is 4.70. The maximum Gasteiger partial charge on any atom is 0.00951 e. The lowest BCUT2D eigenvalue weighted by atomic mass is 9.82. The van der Waals surface area contributed by atoms with Crippen LogP contribution in [-0.2, 0) is 0 Å². The summed E-state index contributed by atoms with van der Waals surface area (Å²) in [7, 11) is 0. The molecule has 0 aliphatic heterocycles. The lowest BCUT2D eigenvalue weighted by Gasteiger charge is -2.22. The fraction of sp³-hybridized carbons (Fsp3) is 0.136. The first-order valence-electron chi connectivity index (χ1n) is 7.82. The second kappa shape index (κ2) is 7.09. The van der Waals surface area contributed by atoms with Crippen LogP contribution in [0.5, 0.6) is 0 Å². The molecule has 0 nitrogen and oxygen atoms in total. The molecule has 0 heterocycles. The number of rotatable bonds is 5.